The largest absolute Gasteiger partial charge is 0.303 e. The summed E-state index contributed by atoms with van der Waals surface area (Å²) in [6.45, 7) is 2.37. The van der Waals surface area contributed by atoms with E-state index >= 15 is 0 Å². The van der Waals surface area contributed by atoms with Crippen LogP contribution in [0.15, 0.2) is 77.6 Å². The third-order valence-electron chi connectivity index (χ3n) is 5.84. The van der Waals surface area contributed by atoms with Gasteiger partial charge in [0.05, 0.1) is 17.8 Å². The summed E-state index contributed by atoms with van der Waals surface area (Å²) < 4.78 is 1.64. The van der Waals surface area contributed by atoms with Gasteiger partial charge in [-0.25, -0.2) is 0 Å². The minimum atomic E-state index is -0.335. The van der Waals surface area contributed by atoms with Gasteiger partial charge in [-0.05, 0) is 36.8 Å². The number of hydrogen-bond donors (Lipinski definition) is 0. The number of carbonyl (C=O) groups excluding carboxylic acids is 1. The van der Waals surface area contributed by atoms with E-state index in [-0.39, 0.29) is 11.5 Å². The first kappa shape index (κ1) is 20.8. The number of halogens is 1. The molecule has 0 atom stereocenters. The third-order valence-corrected chi connectivity index (χ3v) is 7.12. The van der Waals surface area contributed by atoms with Crippen molar-refractivity contribution < 1.29 is 4.79 Å². The van der Waals surface area contributed by atoms with Gasteiger partial charge in [-0.2, -0.15) is 9.50 Å². The van der Waals surface area contributed by atoms with Crippen molar-refractivity contribution in [3.63, 3.8) is 0 Å². The lowest BCUT2D eigenvalue weighted by Crippen LogP contribution is -2.32. The van der Waals surface area contributed by atoms with Crippen LogP contribution < -0.4 is 15.0 Å². The molecule has 8 heteroatoms. The molecule has 3 aromatic carbocycles. The predicted octanol–water partition coefficient (Wildman–Crippen LogP) is 4.24. The summed E-state index contributed by atoms with van der Waals surface area (Å²) in [5, 5.41) is 5.08. The van der Waals surface area contributed by atoms with Crippen molar-refractivity contribution >= 4 is 45.1 Å². The fraction of sp³-hybridized carbons (Fsp3) is 0.0769. The van der Waals surface area contributed by atoms with Gasteiger partial charge in [-0.1, -0.05) is 77.0 Å². The van der Waals surface area contributed by atoms with E-state index in [0.29, 0.717) is 32.5 Å². The van der Waals surface area contributed by atoms with Gasteiger partial charge in [0.25, 0.3) is 11.5 Å². The van der Waals surface area contributed by atoms with E-state index in [2.05, 4.69) is 10.1 Å². The van der Waals surface area contributed by atoms with E-state index in [9.17, 15) is 9.59 Å². The third kappa shape index (κ3) is 3.32. The molecule has 6 nitrogen and oxygen atoms in total. The molecule has 0 saturated carbocycles. The number of rotatable bonds is 3. The summed E-state index contributed by atoms with van der Waals surface area (Å²) in [4.78, 5) is 33.7. The molecule has 2 aromatic heterocycles. The fourth-order valence-electron chi connectivity index (χ4n) is 4.22. The zero-order valence-corrected chi connectivity index (χ0v) is 19.6. The highest BCUT2D eigenvalue weighted by Gasteiger charge is 2.34. The molecule has 6 rings (SSSR count). The number of amides is 1. The first-order valence-electron chi connectivity index (χ1n) is 10.7. The highest BCUT2D eigenvalue weighted by atomic mass is 35.5. The first-order valence-corrected chi connectivity index (χ1v) is 11.9. The van der Waals surface area contributed by atoms with Crippen LogP contribution in [0.5, 0.6) is 0 Å². The fourth-order valence-corrected chi connectivity index (χ4v) is 5.34. The maximum atomic E-state index is 13.6. The highest BCUT2D eigenvalue weighted by molar-refractivity contribution is 7.15. The van der Waals surface area contributed by atoms with Crippen molar-refractivity contribution in [2.24, 2.45) is 0 Å². The second kappa shape index (κ2) is 7.90. The van der Waals surface area contributed by atoms with Crippen molar-refractivity contribution in [2.45, 2.75) is 13.5 Å². The molecule has 0 fully saturated rings. The minimum Gasteiger partial charge on any atom is -0.303 e. The normalized spacial score (nSPS) is 14.8. The van der Waals surface area contributed by atoms with Gasteiger partial charge in [0.2, 0.25) is 4.96 Å². The molecule has 5 aromatic rings. The topological polar surface area (TPSA) is 67.6 Å². The van der Waals surface area contributed by atoms with E-state index in [1.54, 1.807) is 17.0 Å². The Morgan fingerprint density at radius 3 is 2.53 bits per heavy atom. The van der Waals surface area contributed by atoms with Crippen molar-refractivity contribution in [2.75, 3.05) is 4.90 Å². The van der Waals surface area contributed by atoms with Gasteiger partial charge in [0.1, 0.15) is 4.53 Å². The molecule has 166 valence electrons. The van der Waals surface area contributed by atoms with E-state index in [4.69, 9.17) is 11.6 Å². The van der Waals surface area contributed by atoms with Gasteiger partial charge in [-0.3, -0.25) is 9.59 Å². The number of fused-ring (bicyclic) bond motifs is 2. The van der Waals surface area contributed by atoms with Crippen LogP contribution in [-0.4, -0.2) is 20.5 Å². The molecule has 3 heterocycles. The highest BCUT2D eigenvalue weighted by Crippen LogP contribution is 2.36. The van der Waals surface area contributed by atoms with Crippen molar-refractivity contribution in [3.05, 3.63) is 109 Å². The lowest BCUT2D eigenvalue weighted by molar-refractivity contribution is -0.113. The number of carbonyl (C=O) groups is 1. The molecular formula is C26H17ClN4O2S. The summed E-state index contributed by atoms with van der Waals surface area (Å²) in [7, 11) is 0. The Balaban J connectivity index is 1.49. The summed E-state index contributed by atoms with van der Waals surface area (Å²) in [5.41, 5.74) is 4.45. The Kier molecular flexibility index (Phi) is 4.83. The number of thiazole rings is 1. The van der Waals surface area contributed by atoms with Crippen molar-refractivity contribution in [1.82, 2.24) is 14.6 Å². The lowest BCUT2D eigenvalue weighted by Gasteiger charge is -2.17. The Hall–Kier alpha value is -3.81. The predicted molar refractivity (Wildman–Crippen MR) is 134 cm³/mol. The van der Waals surface area contributed by atoms with E-state index in [1.165, 1.54) is 15.9 Å². The maximum absolute atomic E-state index is 13.6. The Labute approximate surface area is 203 Å². The van der Waals surface area contributed by atoms with Gasteiger partial charge >= 0.3 is 0 Å². The van der Waals surface area contributed by atoms with Crippen LogP contribution in [0.25, 0.3) is 21.9 Å². The molecule has 34 heavy (non-hydrogen) atoms. The minimum absolute atomic E-state index is 0.211. The van der Waals surface area contributed by atoms with Crippen LogP contribution in [0.1, 0.15) is 16.7 Å². The van der Waals surface area contributed by atoms with Crippen LogP contribution in [0.2, 0.25) is 5.02 Å². The molecule has 1 aliphatic heterocycles. The molecule has 1 aliphatic rings. The first-order chi connectivity index (χ1) is 16.5. The van der Waals surface area contributed by atoms with Crippen LogP contribution in [0, 0.1) is 6.92 Å². The molecule has 0 bridgehead atoms. The summed E-state index contributed by atoms with van der Waals surface area (Å²) in [5.74, 6) is 0.280. The number of nitrogens with zero attached hydrogens (tertiary/aromatic N) is 4. The van der Waals surface area contributed by atoms with Gasteiger partial charge in [-0.15, -0.1) is 5.10 Å². The van der Waals surface area contributed by atoms with Gasteiger partial charge in [0, 0.05) is 16.1 Å². The van der Waals surface area contributed by atoms with Gasteiger partial charge in [0.15, 0.2) is 5.82 Å². The van der Waals surface area contributed by atoms with Crippen LogP contribution in [0.3, 0.4) is 0 Å². The van der Waals surface area contributed by atoms with Crippen molar-refractivity contribution in [1.29, 1.82) is 0 Å². The van der Waals surface area contributed by atoms with E-state index in [0.717, 1.165) is 27.9 Å². The Morgan fingerprint density at radius 1 is 0.971 bits per heavy atom. The SMILES string of the molecule is Cc1cccc(-c2nc3sc(=C4C(=O)N(Cc5ccc(Cl)cc5)c5ccccc54)c(=O)n3n2)c1. The van der Waals surface area contributed by atoms with E-state index in [1.807, 2.05) is 67.6 Å². The number of aryl methyl sites for hydroxylation is 1. The summed E-state index contributed by atoms with van der Waals surface area (Å²) in [6, 6.07) is 22.7. The molecule has 0 aliphatic carbocycles. The monoisotopic (exact) mass is 484 g/mol. The van der Waals surface area contributed by atoms with Crippen LogP contribution in [0.4, 0.5) is 5.69 Å². The summed E-state index contributed by atoms with van der Waals surface area (Å²) >= 11 is 7.21. The van der Waals surface area contributed by atoms with Crippen LogP contribution >= 0.6 is 22.9 Å². The number of para-hydroxylation sites is 1. The zero-order chi connectivity index (χ0) is 23.4. The molecule has 1 amide bonds. The zero-order valence-electron chi connectivity index (χ0n) is 18.0. The van der Waals surface area contributed by atoms with Gasteiger partial charge < -0.3 is 4.90 Å². The number of benzene rings is 3. The molecular weight excluding hydrogens is 468 g/mol. The number of anilines is 1. The Bertz CT molecular complexity index is 1710. The molecule has 0 N–H and O–H groups in total. The van der Waals surface area contributed by atoms with Crippen LogP contribution in [-0.2, 0) is 11.3 Å². The molecule has 0 saturated heterocycles. The smallest absolute Gasteiger partial charge is 0.291 e. The quantitative estimate of drug-likeness (QED) is 0.384. The van der Waals surface area contributed by atoms with Crippen molar-refractivity contribution in [3.8, 4) is 11.4 Å². The lowest BCUT2D eigenvalue weighted by atomic mass is 10.1. The average Bonchev–Trinajstić information content (AvgIpc) is 3.47. The second-order valence-corrected chi connectivity index (χ2v) is 9.56. The average molecular weight is 485 g/mol. The standard InChI is InChI=1S/C26H17ClN4O2S/c1-15-5-4-6-17(13-15)23-28-26-31(29-23)25(33)22(34-26)21-19-7-2-3-8-20(19)30(24(21)32)14-16-9-11-18(27)12-10-16/h2-13H,14H2,1H3. The number of hydrogen-bond acceptors (Lipinski definition) is 5. The molecule has 0 spiro atoms. The molecule has 0 unspecified atom stereocenters. The second-order valence-electron chi connectivity index (χ2n) is 8.15. The number of aromatic nitrogens is 3. The Morgan fingerprint density at radius 2 is 1.76 bits per heavy atom. The molecule has 0 radical (unpaired) electrons. The summed E-state index contributed by atoms with van der Waals surface area (Å²) in [6.07, 6.45) is 0. The maximum Gasteiger partial charge on any atom is 0.291 e. The van der Waals surface area contributed by atoms with E-state index < -0.39 is 0 Å².